The highest BCUT2D eigenvalue weighted by Crippen LogP contribution is 2.20. The molecule has 0 spiro atoms. The maximum atomic E-state index is 11.8. The Morgan fingerprint density at radius 3 is 3.05 bits per heavy atom. The summed E-state index contributed by atoms with van der Waals surface area (Å²) in [4.78, 5) is 11.8. The summed E-state index contributed by atoms with van der Waals surface area (Å²) < 4.78 is 1.36. The number of amides is 1. The molecule has 1 amide bonds. The minimum absolute atomic E-state index is 0.0707. The van der Waals surface area contributed by atoms with E-state index in [4.69, 9.17) is 0 Å². The molecule has 0 aliphatic rings. The van der Waals surface area contributed by atoms with E-state index in [1.54, 1.807) is 6.20 Å². The molecule has 0 saturated heterocycles. The van der Waals surface area contributed by atoms with Crippen molar-refractivity contribution in [3.05, 3.63) is 42.9 Å². The standard InChI is InChI=1S/C12H11N7O/c20-12(7-19-8-14-17-18-19)15-10-3-1-2-9(6-10)11-4-5-13-16-11/h1-6,8H,7H2,(H,13,16)(H,15,20). The molecule has 2 N–H and O–H groups in total. The highest BCUT2D eigenvalue weighted by atomic mass is 16.2. The zero-order valence-electron chi connectivity index (χ0n) is 10.4. The van der Waals surface area contributed by atoms with Crippen molar-refractivity contribution in [2.45, 2.75) is 6.54 Å². The van der Waals surface area contributed by atoms with Crippen LogP contribution in [-0.2, 0) is 11.3 Å². The molecule has 0 atom stereocenters. The van der Waals surface area contributed by atoms with Crippen LogP contribution in [0.4, 0.5) is 5.69 Å². The molecular weight excluding hydrogens is 258 g/mol. The quantitative estimate of drug-likeness (QED) is 0.726. The predicted molar refractivity (Wildman–Crippen MR) is 70.5 cm³/mol. The van der Waals surface area contributed by atoms with Crippen LogP contribution in [0.15, 0.2) is 42.9 Å². The molecule has 8 nitrogen and oxygen atoms in total. The third-order valence-electron chi connectivity index (χ3n) is 2.66. The fraction of sp³-hybridized carbons (Fsp3) is 0.0833. The van der Waals surface area contributed by atoms with Crippen molar-refractivity contribution >= 4 is 11.6 Å². The fourth-order valence-electron chi connectivity index (χ4n) is 1.78. The number of hydrogen-bond donors (Lipinski definition) is 2. The van der Waals surface area contributed by atoms with Crippen LogP contribution in [0.25, 0.3) is 11.3 Å². The van der Waals surface area contributed by atoms with E-state index >= 15 is 0 Å². The second kappa shape index (κ2) is 5.31. The van der Waals surface area contributed by atoms with Gasteiger partial charge in [-0.3, -0.25) is 9.89 Å². The van der Waals surface area contributed by atoms with Crippen molar-refractivity contribution < 1.29 is 4.79 Å². The molecule has 3 aromatic rings. The number of H-pyrrole nitrogens is 1. The number of anilines is 1. The van der Waals surface area contributed by atoms with Crippen molar-refractivity contribution in [1.29, 1.82) is 0 Å². The van der Waals surface area contributed by atoms with Crippen molar-refractivity contribution in [2.24, 2.45) is 0 Å². The number of carbonyl (C=O) groups excluding carboxylic acids is 1. The maximum Gasteiger partial charge on any atom is 0.246 e. The number of nitrogens with one attached hydrogen (secondary N) is 2. The first-order valence-electron chi connectivity index (χ1n) is 5.92. The van der Waals surface area contributed by atoms with Gasteiger partial charge in [0.15, 0.2) is 0 Å². The number of hydrogen-bond acceptors (Lipinski definition) is 5. The molecule has 2 aromatic heterocycles. The molecule has 100 valence electrons. The SMILES string of the molecule is O=C(Cn1cnnn1)Nc1cccc(-c2ccn[nH]2)c1. The van der Waals surface area contributed by atoms with Crippen molar-refractivity contribution in [3.63, 3.8) is 0 Å². The monoisotopic (exact) mass is 269 g/mol. The minimum Gasteiger partial charge on any atom is -0.324 e. The van der Waals surface area contributed by atoms with Gasteiger partial charge in [-0.1, -0.05) is 12.1 Å². The molecule has 0 saturated carbocycles. The lowest BCUT2D eigenvalue weighted by atomic mass is 10.1. The molecule has 0 aliphatic heterocycles. The Kier molecular flexibility index (Phi) is 3.19. The van der Waals surface area contributed by atoms with E-state index in [9.17, 15) is 4.79 Å². The number of benzene rings is 1. The van der Waals surface area contributed by atoms with Crippen LogP contribution < -0.4 is 5.32 Å². The topological polar surface area (TPSA) is 101 Å². The number of tetrazole rings is 1. The number of nitrogens with zero attached hydrogens (tertiary/aromatic N) is 5. The Balaban J connectivity index is 1.71. The summed E-state index contributed by atoms with van der Waals surface area (Å²) in [5, 5.41) is 20.2. The average Bonchev–Trinajstić information content (AvgIpc) is 3.11. The van der Waals surface area contributed by atoms with Crippen LogP contribution >= 0.6 is 0 Å². The predicted octanol–water partition coefficient (Wildman–Crippen LogP) is 0.702. The molecule has 3 rings (SSSR count). The van der Waals surface area contributed by atoms with Crippen LogP contribution in [0.2, 0.25) is 0 Å². The van der Waals surface area contributed by atoms with Gasteiger partial charge in [-0.15, -0.1) is 5.10 Å². The van der Waals surface area contributed by atoms with E-state index in [2.05, 4.69) is 31.0 Å². The summed E-state index contributed by atoms with van der Waals surface area (Å²) in [6, 6.07) is 9.34. The van der Waals surface area contributed by atoms with Crippen molar-refractivity contribution in [3.8, 4) is 11.3 Å². The van der Waals surface area contributed by atoms with Gasteiger partial charge in [0, 0.05) is 17.4 Å². The van der Waals surface area contributed by atoms with Gasteiger partial charge in [-0.05, 0) is 28.6 Å². The highest BCUT2D eigenvalue weighted by molar-refractivity contribution is 5.91. The number of aromatic nitrogens is 6. The Morgan fingerprint density at radius 2 is 2.30 bits per heavy atom. The van der Waals surface area contributed by atoms with E-state index in [0.29, 0.717) is 5.69 Å². The largest absolute Gasteiger partial charge is 0.324 e. The van der Waals surface area contributed by atoms with E-state index in [1.807, 2.05) is 30.3 Å². The normalized spacial score (nSPS) is 10.4. The van der Waals surface area contributed by atoms with Crippen molar-refractivity contribution in [2.75, 3.05) is 5.32 Å². The van der Waals surface area contributed by atoms with E-state index < -0.39 is 0 Å². The van der Waals surface area contributed by atoms with Crippen LogP contribution in [0.5, 0.6) is 0 Å². The first-order chi connectivity index (χ1) is 9.81. The van der Waals surface area contributed by atoms with Crippen LogP contribution in [-0.4, -0.2) is 36.3 Å². The van der Waals surface area contributed by atoms with Crippen LogP contribution in [0.1, 0.15) is 0 Å². The Hall–Kier alpha value is -3.03. The molecule has 0 aliphatic carbocycles. The van der Waals surface area contributed by atoms with Gasteiger partial charge in [0.05, 0.1) is 5.69 Å². The van der Waals surface area contributed by atoms with Gasteiger partial charge < -0.3 is 5.32 Å². The second-order valence-corrected chi connectivity index (χ2v) is 4.11. The van der Waals surface area contributed by atoms with Gasteiger partial charge in [0.1, 0.15) is 12.9 Å². The van der Waals surface area contributed by atoms with E-state index in [1.165, 1.54) is 11.0 Å². The third-order valence-corrected chi connectivity index (χ3v) is 2.66. The fourth-order valence-corrected chi connectivity index (χ4v) is 1.78. The highest BCUT2D eigenvalue weighted by Gasteiger charge is 2.06. The summed E-state index contributed by atoms with van der Waals surface area (Å²) in [7, 11) is 0. The van der Waals surface area contributed by atoms with Crippen LogP contribution in [0, 0.1) is 0 Å². The number of carbonyl (C=O) groups is 1. The van der Waals surface area contributed by atoms with Gasteiger partial charge in [-0.25, -0.2) is 4.68 Å². The molecule has 0 unspecified atom stereocenters. The van der Waals surface area contributed by atoms with E-state index in [-0.39, 0.29) is 12.5 Å². The summed E-state index contributed by atoms with van der Waals surface area (Å²) in [5.41, 5.74) is 2.54. The summed E-state index contributed by atoms with van der Waals surface area (Å²) >= 11 is 0. The summed E-state index contributed by atoms with van der Waals surface area (Å²) in [5.74, 6) is -0.195. The summed E-state index contributed by atoms with van der Waals surface area (Å²) in [6.45, 7) is 0.0707. The Labute approximate surface area is 113 Å². The van der Waals surface area contributed by atoms with Crippen LogP contribution in [0.3, 0.4) is 0 Å². The molecular formula is C12H11N7O. The zero-order valence-corrected chi connectivity index (χ0v) is 10.4. The Morgan fingerprint density at radius 1 is 1.35 bits per heavy atom. The molecule has 0 bridgehead atoms. The smallest absolute Gasteiger partial charge is 0.246 e. The molecule has 20 heavy (non-hydrogen) atoms. The first-order valence-corrected chi connectivity index (χ1v) is 5.92. The molecule has 1 aromatic carbocycles. The van der Waals surface area contributed by atoms with Gasteiger partial charge in [-0.2, -0.15) is 5.10 Å². The number of rotatable bonds is 4. The summed E-state index contributed by atoms with van der Waals surface area (Å²) in [6.07, 6.45) is 3.07. The van der Waals surface area contributed by atoms with E-state index in [0.717, 1.165) is 11.3 Å². The number of aromatic amines is 1. The van der Waals surface area contributed by atoms with Crippen molar-refractivity contribution in [1.82, 2.24) is 30.4 Å². The first kappa shape index (κ1) is 12.0. The minimum atomic E-state index is -0.195. The molecule has 2 heterocycles. The van der Waals surface area contributed by atoms with Gasteiger partial charge in [0.25, 0.3) is 0 Å². The zero-order chi connectivity index (χ0) is 13.8. The average molecular weight is 269 g/mol. The van der Waals surface area contributed by atoms with Gasteiger partial charge in [0.2, 0.25) is 5.91 Å². The maximum absolute atomic E-state index is 11.8. The lowest BCUT2D eigenvalue weighted by Gasteiger charge is -2.06. The molecule has 0 fully saturated rings. The van der Waals surface area contributed by atoms with Gasteiger partial charge >= 0.3 is 0 Å². The lowest BCUT2D eigenvalue weighted by Crippen LogP contribution is -2.19. The molecule has 8 heteroatoms. The molecule has 0 radical (unpaired) electrons. The third kappa shape index (κ3) is 2.69. The second-order valence-electron chi connectivity index (χ2n) is 4.11. The Bertz CT molecular complexity index is 690. The lowest BCUT2D eigenvalue weighted by molar-refractivity contribution is -0.116.